The predicted molar refractivity (Wildman–Crippen MR) is 97.6 cm³/mol. The van der Waals surface area contributed by atoms with Gasteiger partial charge in [0.25, 0.3) is 0 Å². The summed E-state index contributed by atoms with van der Waals surface area (Å²) in [4.78, 5) is 12.7. The van der Waals surface area contributed by atoms with Crippen LogP contribution in [0.25, 0.3) is 10.1 Å². The summed E-state index contributed by atoms with van der Waals surface area (Å²) in [5, 5.41) is 1.11. The van der Waals surface area contributed by atoms with Crippen molar-refractivity contribution >= 4 is 27.4 Å². The molecular formula is C20H20O3S. The average molecular weight is 340 g/mol. The molecule has 0 atom stereocenters. The summed E-state index contributed by atoms with van der Waals surface area (Å²) in [6.07, 6.45) is 1.12. The monoisotopic (exact) mass is 340 g/mol. The zero-order chi connectivity index (χ0) is 16.8. The fraction of sp³-hybridized carbons (Fsp3) is 0.250. The van der Waals surface area contributed by atoms with Gasteiger partial charge in [-0.2, -0.15) is 0 Å². The smallest absolute Gasteiger partial charge is 0.306 e. The lowest BCUT2D eigenvalue weighted by Crippen LogP contribution is -2.04. The van der Waals surface area contributed by atoms with Crippen LogP contribution in [0, 0.1) is 0 Å². The summed E-state index contributed by atoms with van der Waals surface area (Å²) in [6, 6.07) is 18.3. The van der Waals surface area contributed by atoms with Crippen molar-refractivity contribution in [2.24, 2.45) is 0 Å². The quantitative estimate of drug-likeness (QED) is 0.569. The Balaban J connectivity index is 1.71. The maximum absolute atomic E-state index is 11.5. The second-order valence-corrected chi connectivity index (χ2v) is 6.63. The molecule has 3 rings (SSSR count). The zero-order valence-corrected chi connectivity index (χ0v) is 14.5. The van der Waals surface area contributed by atoms with E-state index in [1.165, 1.54) is 9.58 Å². The number of esters is 1. The molecule has 24 heavy (non-hydrogen) atoms. The normalized spacial score (nSPS) is 10.7. The lowest BCUT2D eigenvalue weighted by molar-refractivity contribution is -0.143. The first-order valence-electron chi connectivity index (χ1n) is 8.10. The van der Waals surface area contributed by atoms with Crippen molar-refractivity contribution < 1.29 is 14.3 Å². The first-order chi connectivity index (χ1) is 11.8. The highest BCUT2D eigenvalue weighted by molar-refractivity contribution is 7.19. The van der Waals surface area contributed by atoms with Crippen molar-refractivity contribution in [3.8, 4) is 5.75 Å². The topological polar surface area (TPSA) is 35.5 Å². The lowest BCUT2D eigenvalue weighted by Gasteiger charge is -2.07. The van der Waals surface area contributed by atoms with E-state index in [1.807, 2.05) is 37.3 Å². The Bertz CT molecular complexity index is 808. The number of benzene rings is 2. The van der Waals surface area contributed by atoms with Gasteiger partial charge in [-0.15, -0.1) is 11.3 Å². The molecular weight excluding hydrogens is 320 g/mol. The minimum atomic E-state index is -0.143. The zero-order valence-electron chi connectivity index (χ0n) is 13.7. The minimum Gasteiger partial charge on any atom is -0.488 e. The molecule has 0 spiro atoms. The van der Waals surface area contributed by atoms with E-state index >= 15 is 0 Å². The number of hydrogen-bond donors (Lipinski definition) is 0. The highest BCUT2D eigenvalue weighted by Gasteiger charge is 2.09. The van der Waals surface area contributed by atoms with E-state index in [-0.39, 0.29) is 5.97 Å². The number of fused-ring (bicyclic) bond motifs is 1. The Morgan fingerprint density at radius 2 is 1.92 bits per heavy atom. The molecule has 0 aliphatic carbocycles. The third kappa shape index (κ3) is 4.15. The predicted octanol–water partition coefficient (Wildman–Crippen LogP) is 4.98. The number of aryl methyl sites for hydroxylation is 1. The molecule has 0 N–H and O–H groups in total. The van der Waals surface area contributed by atoms with Crippen LogP contribution in [-0.2, 0) is 22.6 Å². The molecule has 3 nitrogen and oxygen atoms in total. The first-order valence-corrected chi connectivity index (χ1v) is 8.91. The Morgan fingerprint density at radius 3 is 2.71 bits per heavy atom. The Labute approximate surface area is 145 Å². The van der Waals surface area contributed by atoms with Gasteiger partial charge in [-0.05, 0) is 37.1 Å². The van der Waals surface area contributed by atoms with Crippen molar-refractivity contribution in [1.29, 1.82) is 0 Å². The molecule has 0 radical (unpaired) electrons. The van der Waals surface area contributed by atoms with Gasteiger partial charge in [-0.25, -0.2) is 0 Å². The molecule has 0 saturated carbocycles. The van der Waals surface area contributed by atoms with E-state index in [1.54, 1.807) is 11.3 Å². The van der Waals surface area contributed by atoms with E-state index in [0.717, 1.165) is 16.7 Å². The lowest BCUT2D eigenvalue weighted by atomic mass is 10.2. The van der Waals surface area contributed by atoms with E-state index in [2.05, 4.69) is 24.3 Å². The van der Waals surface area contributed by atoms with E-state index < -0.39 is 0 Å². The third-order valence-electron chi connectivity index (χ3n) is 3.69. The van der Waals surface area contributed by atoms with Crippen molar-refractivity contribution in [3.05, 3.63) is 65.0 Å². The molecule has 1 heterocycles. The highest BCUT2D eigenvalue weighted by Crippen LogP contribution is 2.33. The molecule has 0 fully saturated rings. The Hall–Kier alpha value is -2.33. The van der Waals surface area contributed by atoms with Gasteiger partial charge in [0.05, 0.1) is 13.0 Å². The molecule has 0 aliphatic rings. The van der Waals surface area contributed by atoms with Crippen molar-refractivity contribution in [3.63, 3.8) is 0 Å². The van der Waals surface area contributed by atoms with Crippen LogP contribution in [0.4, 0.5) is 0 Å². The van der Waals surface area contributed by atoms with Gasteiger partial charge < -0.3 is 9.47 Å². The minimum absolute atomic E-state index is 0.143. The average Bonchev–Trinajstić information content (AvgIpc) is 3.03. The maximum Gasteiger partial charge on any atom is 0.306 e. The molecule has 1 aromatic heterocycles. The van der Waals surface area contributed by atoms with Gasteiger partial charge in [0, 0.05) is 15.0 Å². The summed E-state index contributed by atoms with van der Waals surface area (Å²) in [6.45, 7) is 2.81. The van der Waals surface area contributed by atoms with Crippen LogP contribution < -0.4 is 4.74 Å². The van der Waals surface area contributed by atoms with Crippen LogP contribution in [-0.4, -0.2) is 12.6 Å². The van der Waals surface area contributed by atoms with Crippen LogP contribution in [0.2, 0.25) is 0 Å². The molecule has 0 aliphatic heterocycles. The van der Waals surface area contributed by atoms with Gasteiger partial charge >= 0.3 is 5.97 Å². The molecule has 2 aromatic carbocycles. The third-order valence-corrected chi connectivity index (χ3v) is 4.85. The van der Waals surface area contributed by atoms with Gasteiger partial charge in [-0.3, -0.25) is 4.79 Å². The van der Waals surface area contributed by atoms with Crippen LogP contribution in [0.5, 0.6) is 5.75 Å². The van der Waals surface area contributed by atoms with Crippen LogP contribution >= 0.6 is 11.3 Å². The molecule has 4 heteroatoms. The van der Waals surface area contributed by atoms with Gasteiger partial charge in [0.1, 0.15) is 12.4 Å². The number of carbonyl (C=O) groups excluding carboxylic acids is 1. The van der Waals surface area contributed by atoms with Crippen LogP contribution in [0.15, 0.2) is 54.6 Å². The SMILES string of the molecule is CCOC(=O)CCc1cc2c(OCc3ccccc3)cccc2s1. The molecule has 3 aromatic rings. The summed E-state index contributed by atoms with van der Waals surface area (Å²) < 4.78 is 12.2. The standard InChI is InChI=1S/C20H20O3S/c1-2-22-20(21)12-11-16-13-17-18(9-6-10-19(17)24-16)23-14-15-7-4-3-5-8-15/h3-10,13H,2,11-12,14H2,1H3. The fourth-order valence-electron chi connectivity index (χ4n) is 2.53. The van der Waals surface area contributed by atoms with Crippen LogP contribution in [0.1, 0.15) is 23.8 Å². The molecule has 0 unspecified atom stereocenters. The second kappa shape index (κ2) is 7.97. The number of carbonyl (C=O) groups is 1. The second-order valence-electron chi connectivity index (χ2n) is 5.46. The molecule has 124 valence electrons. The summed E-state index contributed by atoms with van der Waals surface area (Å²) in [7, 11) is 0. The fourth-order valence-corrected chi connectivity index (χ4v) is 3.61. The molecule has 0 bridgehead atoms. The number of ether oxygens (including phenoxy) is 2. The highest BCUT2D eigenvalue weighted by atomic mass is 32.1. The van der Waals surface area contributed by atoms with Crippen molar-refractivity contribution in [2.75, 3.05) is 6.61 Å². The van der Waals surface area contributed by atoms with Gasteiger partial charge in [0.2, 0.25) is 0 Å². The van der Waals surface area contributed by atoms with E-state index in [9.17, 15) is 4.79 Å². The number of rotatable bonds is 7. The summed E-state index contributed by atoms with van der Waals surface area (Å²) in [5.41, 5.74) is 1.15. The Kier molecular flexibility index (Phi) is 5.49. The van der Waals surface area contributed by atoms with E-state index in [4.69, 9.17) is 9.47 Å². The summed E-state index contributed by atoms with van der Waals surface area (Å²) in [5.74, 6) is 0.741. The maximum atomic E-state index is 11.5. The number of hydrogen-bond acceptors (Lipinski definition) is 4. The molecule has 0 amide bonds. The molecule has 0 saturated heterocycles. The van der Waals surface area contributed by atoms with Crippen molar-refractivity contribution in [2.45, 2.75) is 26.4 Å². The van der Waals surface area contributed by atoms with Gasteiger partial charge in [0.15, 0.2) is 0 Å². The van der Waals surface area contributed by atoms with Gasteiger partial charge in [-0.1, -0.05) is 36.4 Å². The summed E-state index contributed by atoms with van der Waals surface area (Å²) >= 11 is 1.71. The van der Waals surface area contributed by atoms with Crippen LogP contribution in [0.3, 0.4) is 0 Å². The number of thiophene rings is 1. The van der Waals surface area contributed by atoms with Crippen molar-refractivity contribution in [1.82, 2.24) is 0 Å². The first kappa shape index (κ1) is 16.5. The van der Waals surface area contributed by atoms with E-state index in [0.29, 0.717) is 26.1 Å². The largest absolute Gasteiger partial charge is 0.488 e. The Morgan fingerprint density at radius 1 is 1.08 bits per heavy atom.